The van der Waals surface area contributed by atoms with Gasteiger partial charge in [-0.1, -0.05) is 30.3 Å². The fourth-order valence-electron chi connectivity index (χ4n) is 2.55. The first kappa shape index (κ1) is 13.5. The Kier molecular flexibility index (Phi) is 3.52. The maximum Gasteiger partial charge on any atom is 0.337 e. The minimum absolute atomic E-state index is 0.353. The summed E-state index contributed by atoms with van der Waals surface area (Å²) in [6, 6.07) is 15.9. The van der Waals surface area contributed by atoms with E-state index in [0.717, 1.165) is 12.1 Å². The van der Waals surface area contributed by atoms with Gasteiger partial charge in [-0.25, -0.2) is 4.79 Å². The van der Waals surface area contributed by atoms with Crippen molar-refractivity contribution in [1.29, 1.82) is 0 Å². The molecule has 2 atom stereocenters. The zero-order valence-electron chi connectivity index (χ0n) is 11.9. The van der Waals surface area contributed by atoms with E-state index < -0.39 is 0 Å². The molecule has 0 amide bonds. The first-order valence-electron chi connectivity index (χ1n) is 6.98. The monoisotopic (exact) mass is 282 g/mol. The van der Waals surface area contributed by atoms with Gasteiger partial charge in [0.1, 0.15) is 0 Å². The van der Waals surface area contributed by atoms with E-state index in [4.69, 9.17) is 10.5 Å². The molecule has 4 nitrogen and oxygen atoms in total. The third-order valence-corrected chi connectivity index (χ3v) is 3.83. The molecule has 2 unspecified atom stereocenters. The van der Waals surface area contributed by atoms with E-state index in [9.17, 15) is 4.79 Å². The number of nitrogens with one attached hydrogen (secondary N) is 1. The lowest BCUT2D eigenvalue weighted by atomic mass is 10.1. The van der Waals surface area contributed by atoms with Gasteiger partial charge < -0.3 is 15.8 Å². The maximum atomic E-state index is 11.6. The van der Waals surface area contributed by atoms with Crippen LogP contribution in [0.15, 0.2) is 48.5 Å². The molecule has 0 aliphatic heterocycles. The minimum Gasteiger partial charge on any atom is -0.465 e. The van der Waals surface area contributed by atoms with Crippen LogP contribution in [0.25, 0.3) is 0 Å². The third kappa shape index (κ3) is 2.84. The number of ether oxygens (including phenoxy) is 1. The molecule has 0 spiro atoms. The van der Waals surface area contributed by atoms with Gasteiger partial charge in [0.05, 0.1) is 24.0 Å². The Morgan fingerprint density at radius 3 is 2.71 bits per heavy atom. The summed E-state index contributed by atoms with van der Waals surface area (Å²) < 4.78 is 4.73. The van der Waals surface area contributed by atoms with Crippen molar-refractivity contribution in [3.05, 3.63) is 59.7 Å². The molecule has 3 rings (SSSR count). The maximum absolute atomic E-state index is 11.6. The number of hydrogen-bond donors (Lipinski definition) is 2. The Hall–Kier alpha value is -2.49. The van der Waals surface area contributed by atoms with Crippen molar-refractivity contribution in [3.63, 3.8) is 0 Å². The van der Waals surface area contributed by atoms with Crippen molar-refractivity contribution >= 4 is 17.3 Å². The Balaban J connectivity index is 1.73. The average molecular weight is 282 g/mol. The second-order valence-corrected chi connectivity index (χ2v) is 5.30. The predicted molar refractivity (Wildman–Crippen MR) is 83.4 cm³/mol. The molecule has 0 bridgehead atoms. The Morgan fingerprint density at radius 1 is 1.24 bits per heavy atom. The van der Waals surface area contributed by atoms with Crippen LogP contribution >= 0.6 is 0 Å². The van der Waals surface area contributed by atoms with Crippen LogP contribution < -0.4 is 11.1 Å². The number of hydrogen-bond acceptors (Lipinski definition) is 4. The summed E-state index contributed by atoms with van der Waals surface area (Å²) in [5.41, 5.74) is 9.25. The van der Waals surface area contributed by atoms with E-state index in [1.165, 1.54) is 12.7 Å². The molecule has 1 aliphatic rings. The number of nitrogens with two attached hydrogens (primary N) is 1. The zero-order chi connectivity index (χ0) is 14.8. The van der Waals surface area contributed by atoms with Gasteiger partial charge in [0.2, 0.25) is 0 Å². The van der Waals surface area contributed by atoms with Crippen LogP contribution in [0.3, 0.4) is 0 Å². The second-order valence-electron chi connectivity index (χ2n) is 5.30. The number of carbonyl (C=O) groups is 1. The first-order valence-corrected chi connectivity index (χ1v) is 6.98. The Labute approximate surface area is 123 Å². The van der Waals surface area contributed by atoms with Gasteiger partial charge in [0.15, 0.2) is 0 Å². The van der Waals surface area contributed by atoms with Gasteiger partial charge in [0, 0.05) is 12.0 Å². The lowest BCUT2D eigenvalue weighted by molar-refractivity contribution is 0.0601. The summed E-state index contributed by atoms with van der Waals surface area (Å²) in [5, 5.41) is 3.42. The molecule has 4 heteroatoms. The van der Waals surface area contributed by atoms with E-state index in [2.05, 4.69) is 29.6 Å². The van der Waals surface area contributed by atoms with Gasteiger partial charge >= 0.3 is 5.97 Å². The smallest absolute Gasteiger partial charge is 0.337 e. The zero-order valence-corrected chi connectivity index (χ0v) is 11.9. The van der Waals surface area contributed by atoms with Crippen molar-refractivity contribution in [2.45, 2.75) is 18.4 Å². The standard InChI is InChI=1S/C17H18N2O2/c1-21-17(20)12-7-8-14(18)16(9-12)19-15-10-13(15)11-5-3-2-4-6-11/h2-9,13,15,19H,10,18H2,1H3. The largest absolute Gasteiger partial charge is 0.465 e. The van der Waals surface area contributed by atoms with Crippen LogP contribution in [0.1, 0.15) is 28.3 Å². The molecular weight excluding hydrogens is 264 g/mol. The van der Waals surface area contributed by atoms with E-state index in [1.807, 2.05) is 6.07 Å². The number of rotatable bonds is 4. The highest BCUT2D eigenvalue weighted by Crippen LogP contribution is 2.43. The van der Waals surface area contributed by atoms with E-state index in [0.29, 0.717) is 23.2 Å². The van der Waals surface area contributed by atoms with E-state index in [1.54, 1.807) is 18.2 Å². The molecule has 108 valence electrons. The van der Waals surface area contributed by atoms with Crippen LogP contribution in [0.5, 0.6) is 0 Å². The van der Waals surface area contributed by atoms with Gasteiger partial charge in [-0.15, -0.1) is 0 Å². The van der Waals surface area contributed by atoms with Crippen LogP contribution in [0.2, 0.25) is 0 Å². The number of nitrogen functional groups attached to an aromatic ring is 1. The quantitative estimate of drug-likeness (QED) is 0.668. The molecule has 2 aromatic rings. The number of benzene rings is 2. The van der Waals surface area contributed by atoms with E-state index >= 15 is 0 Å². The third-order valence-electron chi connectivity index (χ3n) is 3.83. The van der Waals surface area contributed by atoms with Crippen LogP contribution in [0.4, 0.5) is 11.4 Å². The van der Waals surface area contributed by atoms with Gasteiger partial charge in [0.25, 0.3) is 0 Å². The fourth-order valence-corrected chi connectivity index (χ4v) is 2.55. The van der Waals surface area contributed by atoms with Crippen molar-refractivity contribution < 1.29 is 9.53 Å². The lowest BCUT2D eigenvalue weighted by Crippen LogP contribution is -2.09. The Morgan fingerprint density at radius 2 is 2.00 bits per heavy atom. The number of methoxy groups -OCH3 is 1. The first-order chi connectivity index (χ1) is 10.2. The van der Waals surface area contributed by atoms with E-state index in [-0.39, 0.29) is 5.97 Å². The molecule has 0 heterocycles. The highest BCUT2D eigenvalue weighted by molar-refractivity contribution is 5.92. The summed E-state index contributed by atoms with van der Waals surface area (Å²) in [4.78, 5) is 11.6. The van der Waals surface area contributed by atoms with Gasteiger partial charge in [-0.3, -0.25) is 0 Å². The van der Waals surface area contributed by atoms with Gasteiger partial charge in [-0.05, 0) is 30.2 Å². The molecule has 1 saturated carbocycles. The molecular formula is C17H18N2O2. The molecule has 21 heavy (non-hydrogen) atoms. The van der Waals surface area contributed by atoms with Crippen molar-refractivity contribution in [2.75, 3.05) is 18.2 Å². The summed E-state index contributed by atoms with van der Waals surface area (Å²) in [6.45, 7) is 0. The molecule has 2 aromatic carbocycles. The summed E-state index contributed by atoms with van der Waals surface area (Å²) in [5.74, 6) is 0.154. The number of esters is 1. The lowest BCUT2D eigenvalue weighted by Gasteiger charge is -2.11. The van der Waals surface area contributed by atoms with Crippen molar-refractivity contribution in [2.24, 2.45) is 0 Å². The highest BCUT2D eigenvalue weighted by atomic mass is 16.5. The fraction of sp³-hybridized carbons (Fsp3) is 0.235. The summed E-state index contributed by atoms with van der Waals surface area (Å²) in [7, 11) is 1.37. The Bertz CT molecular complexity index is 655. The van der Waals surface area contributed by atoms with Crippen LogP contribution in [-0.4, -0.2) is 19.1 Å². The number of carbonyl (C=O) groups excluding carboxylic acids is 1. The van der Waals surface area contributed by atoms with Crippen molar-refractivity contribution in [1.82, 2.24) is 0 Å². The summed E-state index contributed by atoms with van der Waals surface area (Å²) in [6.07, 6.45) is 1.08. The van der Waals surface area contributed by atoms with Crippen LogP contribution in [-0.2, 0) is 4.74 Å². The van der Waals surface area contributed by atoms with Gasteiger partial charge in [-0.2, -0.15) is 0 Å². The SMILES string of the molecule is COC(=O)c1ccc(N)c(NC2CC2c2ccccc2)c1. The predicted octanol–water partition coefficient (Wildman–Crippen LogP) is 3.02. The topological polar surface area (TPSA) is 64.3 Å². The number of anilines is 2. The van der Waals surface area contributed by atoms with Crippen LogP contribution in [0, 0.1) is 0 Å². The molecule has 0 aromatic heterocycles. The molecule has 1 aliphatic carbocycles. The summed E-state index contributed by atoms with van der Waals surface area (Å²) >= 11 is 0. The second kappa shape index (κ2) is 5.48. The average Bonchev–Trinajstić information content (AvgIpc) is 3.29. The molecule has 0 saturated heterocycles. The van der Waals surface area contributed by atoms with Crippen molar-refractivity contribution in [3.8, 4) is 0 Å². The molecule has 0 radical (unpaired) electrons. The molecule has 3 N–H and O–H groups in total. The normalized spacial score (nSPS) is 19.9. The highest BCUT2D eigenvalue weighted by Gasteiger charge is 2.38. The molecule has 1 fully saturated rings. The minimum atomic E-state index is -0.353.